The van der Waals surface area contributed by atoms with Gasteiger partial charge in [0.2, 0.25) is 0 Å². The van der Waals surface area contributed by atoms with Crippen molar-refractivity contribution in [1.29, 1.82) is 0 Å². The number of rotatable bonds is 5. The van der Waals surface area contributed by atoms with Gasteiger partial charge in [-0.25, -0.2) is 0 Å². The Morgan fingerprint density at radius 1 is 1.24 bits per heavy atom. The summed E-state index contributed by atoms with van der Waals surface area (Å²) in [6.07, 6.45) is 6.15. The lowest BCUT2D eigenvalue weighted by Gasteiger charge is -2.31. The van der Waals surface area contributed by atoms with E-state index in [9.17, 15) is 4.79 Å². The molecule has 0 aromatic carbocycles. The molecule has 1 atom stereocenters. The van der Waals surface area contributed by atoms with Gasteiger partial charge in [0.05, 0.1) is 6.10 Å². The largest absolute Gasteiger partial charge is 0.376 e. The average molecular weight is 254 g/mol. The first kappa shape index (κ1) is 14.6. The minimum absolute atomic E-state index is 0.0467. The van der Waals surface area contributed by atoms with Crippen molar-refractivity contribution < 1.29 is 9.53 Å². The van der Waals surface area contributed by atoms with Crippen LogP contribution in [0.2, 0.25) is 19.6 Å². The molecule has 0 saturated heterocycles. The molecule has 0 aliphatic heterocycles. The highest BCUT2D eigenvalue weighted by Crippen LogP contribution is 2.31. The summed E-state index contributed by atoms with van der Waals surface area (Å²) in [7, 11) is -0.0744. The summed E-state index contributed by atoms with van der Waals surface area (Å²) in [5.41, 5.74) is 0.721. The Labute approximate surface area is 106 Å². The van der Waals surface area contributed by atoms with Crippen LogP contribution in [0.1, 0.15) is 32.1 Å². The minimum atomic E-state index is -1.78. The van der Waals surface area contributed by atoms with Crippen molar-refractivity contribution in [1.82, 2.24) is 0 Å². The lowest BCUT2D eigenvalue weighted by molar-refractivity contribution is -0.111. The zero-order valence-electron chi connectivity index (χ0n) is 11.7. The van der Waals surface area contributed by atoms with Crippen molar-refractivity contribution in [2.75, 3.05) is 7.11 Å². The molecule has 0 N–H and O–H groups in total. The number of carbonyl (C=O) groups is 1. The van der Waals surface area contributed by atoms with E-state index in [4.69, 9.17) is 4.74 Å². The average Bonchev–Trinajstić information content (AvgIpc) is 2.29. The normalized spacial score (nSPS) is 20.0. The summed E-state index contributed by atoms with van der Waals surface area (Å²) < 4.78 is 5.57. The molecule has 1 fully saturated rings. The molecule has 0 aromatic rings. The molecule has 98 valence electrons. The molecule has 2 nitrogen and oxygen atoms in total. The topological polar surface area (TPSA) is 26.3 Å². The number of methoxy groups -OCH3 is 1. The van der Waals surface area contributed by atoms with Crippen molar-refractivity contribution >= 4 is 13.5 Å². The van der Waals surface area contributed by atoms with E-state index in [2.05, 4.69) is 26.2 Å². The highest BCUT2D eigenvalue weighted by Gasteiger charge is 2.34. The Bertz CT molecular complexity index is 285. The van der Waals surface area contributed by atoms with E-state index < -0.39 is 8.07 Å². The monoisotopic (exact) mass is 254 g/mol. The van der Waals surface area contributed by atoms with E-state index in [1.807, 2.05) is 0 Å². The first-order chi connectivity index (χ1) is 7.88. The highest BCUT2D eigenvalue weighted by atomic mass is 28.3. The fraction of sp³-hybridized carbons (Fsp3) is 0.786. The third kappa shape index (κ3) is 3.78. The molecule has 0 heterocycles. The van der Waals surface area contributed by atoms with E-state index in [1.165, 1.54) is 32.1 Å². The molecule has 0 radical (unpaired) electrons. The summed E-state index contributed by atoms with van der Waals surface area (Å²) in [6.45, 7) is 10.3. The van der Waals surface area contributed by atoms with Gasteiger partial charge in [-0.2, -0.15) is 0 Å². The Morgan fingerprint density at radius 3 is 2.18 bits per heavy atom. The number of ether oxygens (including phenoxy) is 1. The highest BCUT2D eigenvalue weighted by molar-refractivity contribution is 7.05. The molecular formula is C14H26O2Si. The van der Waals surface area contributed by atoms with Gasteiger partial charge in [-0.3, -0.25) is 0 Å². The lowest BCUT2D eigenvalue weighted by atomic mass is 9.83. The van der Waals surface area contributed by atoms with Gasteiger partial charge < -0.3 is 9.53 Å². The van der Waals surface area contributed by atoms with Crippen LogP contribution in [0.25, 0.3) is 0 Å². The third-order valence-electron chi connectivity index (χ3n) is 3.65. The summed E-state index contributed by atoms with van der Waals surface area (Å²) in [5, 5.41) is 0.273. The van der Waals surface area contributed by atoms with Crippen molar-refractivity contribution in [2.24, 2.45) is 5.92 Å². The van der Waals surface area contributed by atoms with Crippen molar-refractivity contribution in [3.8, 4) is 0 Å². The summed E-state index contributed by atoms with van der Waals surface area (Å²) in [6, 6.07) is 0. The lowest BCUT2D eigenvalue weighted by Crippen LogP contribution is -2.40. The SMILES string of the molecule is C=C(C(=O)[Si](C)(C)C)C(OC)C1CCCCC1. The minimum Gasteiger partial charge on any atom is -0.376 e. The number of hydrogen-bond acceptors (Lipinski definition) is 2. The maximum Gasteiger partial charge on any atom is 0.137 e. The van der Waals surface area contributed by atoms with Crippen LogP contribution in [-0.2, 0) is 9.53 Å². The van der Waals surface area contributed by atoms with Gasteiger partial charge in [0, 0.05) is 12.7 Å². The zero-order chi connectivity index (χ0) is 13.1. The molecule has 0 amide bonds. The quantitative estimate of drug-likeness (QED) is 0.553. The standard InChI is InChI=1S/C14H26O2Si/c1-11(14(15)17(3,4)5)13(16-2)12-9-7-6-8-10-12/h12-13H,1,6-10H2,2-5H3. The van der Waals surface area contributed by atoms with Gasteiger partial charge in [0.15, 0.2) is 0 Å². The Morgan fingerprint density at radius 2 is 1.76 bits per heavy atom. The number of hydrogen-bond donors (Lipinski definition) is 0. The predicted molar refractivity (Wildman–Crippen MR) is 74.9 cm³/mol. The van der Waals surface area contributed by atoms with Gasteiger partial charge in [-0.15, -0.1) is 0 Å². The third-order valence-corrected chi connectivity index (χ3v) is 5.33. The summed E-state index contributed by atoms with van der Waals surface area (Å²) in [4.78, 5) is 12.3. The molecule has 1 rings (SSSR count). The van der Waals surface area contributed by atoms with E-state index in [0.717, 1.165) is 5.57 Å². The van der Waals surface area contributed by atoms with Crippen molar-refractivity contribution in [2.45, 2.75) is 57.8 Å². The fourth-order valence-electron chi connectivity index (χ4n) is 2.67. The predicted octanol–water partition coefficient (Wildman–Crippen LogP) is 3.58. The van der Waals surface area contributed by atoms with Crippen LogP contribution in [0.15, 0.2) is 12.2 Å². The maximum absolute atomic E-state index is 12.3. The molecule has 1 aliphatic rings. The van der Waals surface area contributed by atoms with Gasteiger partial charge in [0.25, 0.3) is 0 Å². The van der Waals surface area contributed by atoms with Gasteiger partial charge in [-0.05, 0) is 18.8 Å². The second kappa shape index (κ2) is 5.96. The van der Waals surface area contributed by atoms with Crippen molar-refractivity contribution in [3.63, 3.8) is 0 Å². The molecule has 0 aromatic heterocycles. The van der Waals surface area contributed by atoms with E-state index in [-0.39, 0.29) is 11.5 Å². The van der Waals surface area contributed by atoms with Crippen LogP contribution in [-0.4, -0.2) is 26.7 Å². The van der Waals surface area contributed by atoms with Crippen LogP contribution in [0.4, 0.5) is 0 Å². The van der Waals surface area contributed by atoms with Crippen LogP contribution in [0, 0.1) is 5.92 Å². The van der Waals surface area contributed by atoms with E-state index in [1.54, 1.807) is 7.11 Å². The first-order valence-electron chi connectivity index (χ1n) is 6.64. The van der Waals surface area contributed by atoms with Crippen LogP contribution in [0.5, 0.6) is 0 Å². The smallest absolute Gasteiger partial charge is 0.137 e. The van der Waals surface area contributed by atoms with E-state index in [0.29, 0.717) is 5.92 Å². The number of carbonyl (C=O) groups excluding carboxylic acids is 1. The molecular weight excluding hydrogens is 228 g/mol. The second-order valence-corrected chi connectivity index (χ2v) is 11.1. The zero-order valence-corrected chi connectivity index (χ0v) is 12.7. The van der Waals surface area contributed by atoms with Crippen LogP contribution < -0.4 is 0 Å². The Kier molecular flexibility index (Phi) is 5.14. The second-order valence-electron chi connectivity index (χ2n) is 6.16. The van der Waals surface area contributed by atoms with Gasteiger partial charge in [-0.1, -0.05) is 45.5 Å². The molecule has 17 heavy (non-hydrogen) atoms. The first-order valence-corrected chi connectivity index (χ1v) is 10.1. The van der Waals surface area contributed by atoms with Gasteiger partial charge >= 0.3 is 0 Å². The summed E-state index contributed by atoms with van der Waals surface area (Å²) >= 11 is 0. The fourth-order valence-corrected chi connectivity index (χ4v) is 3.77. The molecule has 0 spiro atoms. The molecule has 1 saturated carbocycles. The molecule has 1 aliphatic carbocycles. The van der Waals surface area contributed by atoms with Crippen LogP contribution in [0.3, 0.4) is 0 Å². The molecule has 3 heteroatoms. The van der Waals surface area contributed by atoms with E-state index >= 15 is 0 Å². The van der Waals surface area contributed by atoms with Gasteiger partial charge in [0.1, 0.15) is 13.5 Å². The summed E-state index contributed by atoms with van der Waals surface area (Å²) in [5.74, 6) is 0.501. The molecule has 1 unspecified atom stereocenters. The Hall–Kier alpha value is -0.413. The maximum atomic E-state index is 12.3. The van der Waals surface area contributed by atoms with Crippen LogP contribution >= 0.6 is 0 Å². The molecule has 0 bridgehead atoms. The van der Waals surface area contributed by atoms with Crippen molar-refractivity contribution in [3.05, 3.63) is 12.2 Å². The Balaban J connectivity index is 2.73.